The third-order valence-electron chi connectivity index (χ3n) is 3.81. The summed E-state index contributed by atoms with van der Waals surface area (Å²) < 4.78 is 5.40. The molecule has 6 nitrogen and oxygen atoms in total. The van der Waals surface area contributed by atoms with Gasteiger partial charge in [0.15, 0.2) is 12.4 Å². The number of nitro groups is 1. The monoisotopic (exact) mass is 342 g/mol. The molecule has 0 heterocycles. The first kappa shape index (κ1) is 18.4. The third kappa shape index (κ3) is 5.04. The van der Waals surface area contributed by atoms with E-state index in [0.29, 0.717) is 0 Å². The highest BCUT2D eigenvalue weighted by Crippen LogP contribution is 2.28. The summed E-state index contributed by atoms with van der Waals surface area (Å²) in [6.45, 7) is 5.57. The summed E-state index contributed by atoms with van der Waals surface area (Å²) in [5.41, 5.74) is 1.68. The first-order chi connectivity index (χ1) is 11.9. The molecular formula is C19H22N2O4. The summed E-state index contributed by atoms with van der Waals surface area (Å²) in [6, 6.07) is 14.1. The molecule has 1 N–H and O–H groups in total. The molecule has 25 heavy (non-hydrogen) atoms. The van der Waals surface area contributed by atoms with Gasteiger partial charge < -0.3 is 10.1 Å². The molecule has 0 aromatic heterocycles. The molecule has 2 aromatic rings. The van der Waals surface area contributed by atoms with Crippen molar-refractivity contribution in [2.24, 2.45) is 5.92 Å². The number of nitro benzene ring substituents is 1. The molecule has 132 valence electrons. The minimum atomic E-state index is -0.520. The lowest BCUT2D eigenvalue weighted by atomic mass is 9.96. The Morgan fingerprint density at radius 2 is 1.88 bits per heavy atom. The van der Waals surface area contributed by atoms with Crippen molar-refractivity contribution in [2.45, 2.75) is 26.8 Å². The number of rotatable bonds is 7. The standard InChI is InChI=1S/C19H22N2O4/c1-13(2)19(15-7-5-4-6-8-15)20-18(22)12-25-17-11-14(3)9-10-16(17)21(23)24/h4-11,13,19H,12H2,1-3H3,(H,20,22). The maximum Gasteiger partial charge on any atom is 0.310 e. The normalized spacial score (nSPS) is 11.8. The van der Waals surface area contributed by atoms with Gasteiger partial charge in [-0.25, -0.2) is 0 Å². The SMILES string of the molecule is Cc1ccc([N+](=O)[O-])c(OCC(=O)NC(c2ccccc2)C(C)C)c1. The van der Waals surface area contributed by atoms with E-state index in [2.05, 4.69) is 5.32 Å². The van der Waals surface area contributed by atoms with Crippen molar-refractivity contribution < 1.29 is 14.5 Å². The lowest BCUT2D eigenvalue weighted by molar-refractivity contribution is -0.385. The van der Waals surface area contributed by atoms with Crippen molar-refractivity contribution in [3.05, 3.63) is 69.8 Å². The van der Waals surface area contributed by atoms with Crippen LogP contribution < -0.4 is 10.1 Å². The Bertz CT molecular complexity index is 744. The summed E-state index contributed by atoms with van der Waals surface area (Å²) in [5, 5.41) is 14.0. The molecule has 0 aliphatic heterocycles. The van der Waals surface area contributed by atoms with Crippen molar-refractivity contribution in [2.75, 3.05) is 6.61 Å². The molecule has 0 saturated heterocycles. The quantitative estimate of drug-likeness (QED) is 0.613. The van der Waals surface area contributed by atoms with E-state index in [0.717, 1.165) is 11.1 Å². The van der Waals surface area contributed by atoms with Crippen molar-refractivity contribution >= 4 is 11.6 Å². The topological polar surface area (TPSA) is 81.5 Å². The molecule has 0 fully saturated rings. The van der Waals surface area contributed by atoms with Gasteiger partial charge in [-0.3, -0.25) is 14.9 Å². The Hall–Kier alpha value is -2.89. The zero-order valence-corrected chi connectivity index (χ0v) is 14.6. The van der Waals surface area contributed by atoms with Gasteiger partial charge in [-0.1, -0.05) is 50.2 Å². The van der Waals surface area contributed by atoms with Crippen LogP contribution in [0.25, 0.3) is 0 Å². The average Bonchev–Trinajstić information content (AvgIpc) is 2.58. The number of aryl methyl sites for hydroxylation is 1. The van der Waals surface area contributed by atoms with Crippen LogP contribution in [0, 0.1) is 23.0 Å². The zero-order valence-electron chi connectivity index (χ0n) is 14.6. The summed E-state index contributed by atoms with van der Waals surface area (Å²) in [7, 11) is 0. The Balaban J connectivity index is 2.05. The smallest absolute Gasteiger partial charge is 0.310 e. The molecular weight excluding hydrogens is 320 g/mol. The molecule has 0 aliphatic carbocycles. The van der Waals surface area contributed by atoms with Gasteiger partial charge in [0.1, 0.15) is 0 Å². The first-order valence-corrected chi connectivity index (χ1v) is 8.10. The zero-order chi connectivity index (χ0) is 18.4. The number of nitrogens with one attached hydrogen (secondary N) is 1. The highest BCUT2D eigenvalue weighted by Gasteiger charge is 2.20. The lowest BCUT2D eigenvalue weighted by Gasteiger charge is -2.23. The molecule has 0 aliphatic rings. The van der Waals surface area contributed by atoms with Crippen LogP contribution in [0.4, 0.5) is 5.69 Å². The van der Waals surface area contributed by atoms with E-state index in [-0.39, 0.29) is 35.9 Å². The Kier molecular flexibility index (Phi) is 6.11. The number of carbonyl (C=O) groups excluding carboxylic acids is 1. The van der Waals surface area contributed by atoms with Crippen LogP contribution in [0.15, 0.2) is 48.5 Å². The number of benzene rings is 2. The van der Waals surface area contributed by atoms with Crippen molar-refractivity contribution in [3.63, 3.8) is 0 Å². The second kappa shape index (κ2) is 8.28. The van der Waals surface area contributed by atoms with E-state index in [1.807, 2.05) is 44.2 Å². The molecule has 6 heteroatoms. The Morgan fingerprint density at radius 3 is 2.48 bits per heavy atom. The third-order valence-corrected chi connectivity index (χ3v) is 3.81. The number of hydrogen-bond donors (Lipinski definition) is 1. The second-order valence-electron chi connectivity index (χ2n) is 6.22. The summed E-state index contributed by atoms with van der Waals surface area (Å²) >= 11 is 0. The van der Waals surface area contributed by atoms with Gasteiger partial charge >= 0.3 is 5.69 Å². The minimum absolute atomic E-state index is 0.0981. The van der Waals surface area contributed by atoms with E-state index < -0.39 is 4.92 Å². The first-order valence-electron chi connectivity index (χ1n) is 8.10. The van der Waals surface area contributed by atoms with Gasteiger partial charge in [-0.15, -0.1) is 0 Å². The maximum absolute atomic E-state index is 12.3. The van der Waals surface area contributed by atoms with Crippen molar-refractivity contribution in [1.29, 1.82) is 0 Å². The fourth-order valence-corrected chi connectivity index (χ4v) is 2.54. The van der Waals surface area contributed by atoms with Crippen molar-refractivity contribution in [1.82, 2.24) is 5.32 Å². The molecule has 2 rings (SSSR count). The van der Waals surface area contributed by atoms with E-state index in [9.17, 15) is 14.9 Å². The second-order valence-corrected chi connectivity index (χ2v) is 6.22. The summed E-state index contributed by atoms with van der Waals surface area (Å²) in [5.74, 6) is -0.0287. The Morgan fingerprint density at radius 1 is 1.20 bits per heavy atom. The number of ether oxygens (including phenoxy) is 1. The summed E-state index contributed by atoms with van der Waals surface area (Å²) in [6.07, 6.45) is 0. The lowest BCUT2D eigenvalue weighted by Crippen LogP contribution is -2.35. The van der Waals surface area contributed by atoms with Gasteiger partial charge in [0.25, 0.3) is 5.91 Å². The van der Waals surface area contributed by atoms with Crippen LogP contribution in [0.3, 0.4) is 0 Å². The van der Waals surface area contributed by atoms with Crippen LogP contribution in [0.1, 0.15) is 31.0 Å². The number of nitrogens with zero attached hydrogens (tertiary/aromatic N) is 1. The predicted molar refractivity (Wildman–Crippen MR) is 95.5 cm³/mol. The highest BCUT2D eigenvalue weighted by atomic mass is 16.6. The average molecular weight is 342 g/mol. The molecule has 1 atom stereocenters. The number of hydrogen-bond acceptors (Lipinski definition) is 4. The van der Waals surface area contributed by atoms with E-state index in [1.165, 1.54) is 6.07 Å². The molecule has 0 spiro atoms. The van der Waals surface area contributed by atoms with Gasteiger partial charge in [0, 0.05) is 6.07 Å². The highest BCUT2D eigenvalue weighted by molar-refractivity contribution is 5.78. The van der Waals surface area contributed by atoms with E-state index >= 15 is 0 Å². The van der Waals surface area contributed by atoms with Crippen LogP contribution >= 0.6 is 0 Å². The van der Waals surface area contributed by atoms with Gasteiger partial charge in [-0.05, 0) is 30.0 Å². The van der Waals surface area contributed by atoms with Gasteiger partial charge in [0.2, 0.25) is 0 Å². The largest absolute Gasteiger partial charge is 0.477 e. The van der Waals surface area contributed by atoms with E-state index in [4.69, 9.17) is 4.74 Å². The van der Waals surface area contributed by atoms with Crippen LogP contribution in [0.5, 0.6) is 5.75 Å². The molecule has 2 aromatic carbocycles. The molecule has 1 unspecified atom stereocenters. The predicted octanol–water partition coefficient (Wildman–Crippen LogP) is 3.80. The molecule has 0 bridgehead atoms. The minimum Gasteiger partial charge on any atom is -0.477 e. The number of carbonyl (C=O) groups is 1. The van der Waals surface area contributed by atoms with Crippen LogP contribution in [-0.2, 0) is 4.79 Å². The van der Waals surface area contributed by atoms with Gasteiger partial charge in [-0.2, -0.15) is 0 Å². The summed E-state index contributed by atoms with van der Waals surface area (Å²) in [4.78, 5) is 22.8. The molecule has 1 amide bonds. The molecule has 0 radical (unpaired) electrons. The van der Waals surface area contributed by atoms with Crippen LogP contribution in [-0.4, -0.2) is 17.4 Å². The Labute approximate surface area is 147 Å². The molecule has 0 saturated carbocycles. The fourth-order valence-electron chi connectivity index (χ4n) is 2.54. The van der Waals surface area contributed by atoms with Crippen molar-refractivity contribution in [3.8, 4) is 5.75 Å². The maximum atomic E-state index is 12.3. The van der Waals surface area contributed by atoms with E-state index in [1.54, 1.807) is 19.1 Å². The fraction of sp³-hybridized carbons (Fsp3) is 0.316. The van der Waals surface area contributed by atoms with Gasteiger partial charge in [0.05, 0.1) is 11.0 Å². The van der Waals surface area contributed by atoms with Crippen LogP contribution in [0.2, 0.25) is 0 Å². The number of amides is 1.